The number of rotatable bonds is 4. The molecule has 0 radical (unpaired) electrons. The molecule has 1 fully saturated rings. The molecule has 1 saturated carbocycles. The van der Waals surface area contributed by atoms with Crippen LogP contribution in [0.4, 0.5) is 13.2 Å². The highest BCUT2D eigenvalue weighted by molar-refractivity contribution is 6.55. The molecule has 0 bridgehead atoms. The van der Waals surface area contributed by atoms with Gasteiger partial charge in [-0.1, -0.05) is 60.6 Å². The number of ether oxygens (including phenoxy) is 1. The third kappa shape index (κ3) is 4.31. The summed E-state index contributed by atoms with van der Waals surface area (Å²) in [5.41, 5.74) is -1.48. The number of hydrogen-bond donors (Lipinski definition) is 0. The Kier molecular flexibility index (Phi) is 5.92. The Morgan fingerprint density at radius 3 is 2.50 bits per heavy atom. The third-order valence-corrected chi connectivity index (χ3v) is 5.04. The van der Waals surface area contributed by atoms with Crippen molar-refractivity contribution in [3.8, 4) is 12.3 Å². The first-order valence-corrected chi connectivity index (χ1v) is 8.59. The molecule has 1 aliphatic carbocycles. The van der Waals surface area contributed by atoms with Crippen molar-refractivity contribution < 1.29 is 22.7 Å². The van der Waals surface area contributed by atoms with Crippen molar-refractivity contribution in [2.75, 3.05) is 0 Å². The standard InChI is InChI=1S/C18H14Cl3F3O2/c1-4-13(9-5-6-12(19)10(7-9)18(22,23)24)26-16(25)15-11(8-14(20)21)17(15,2)3/h1,5-8,11,13,15H,2-3H3/t11-,13?,15-/m0/s1. The van der Waals surface area contributed by atoms with E-state index in [4.69, 9.17) is 46.0 Å². The predicted octanol–water partition coefficient (Wildman–Crippen LogP) is 6.17. The van der Waals surface area contributed by atoms with Crippen LogP contribution in [0.25, 0.3) is 0 Å². The zero-order valence-electron chi connectivity index (χ0n) is 13.7. The van der Waals surface area contributed by atoms with Crippen molar-refractivity contribution >= 4 is 40.8 Å². The summed E-state index contributed by atoms with van der Waals surface area (Å²) in [6.07, 6.45) is 0.969. The molecule has 2 rings (SSSR count). The van der Waals surface area contributed by atoms with Crippen LogP contribution in [0.2, 0.25) is 5.02 Å². The lowest BCUT2D eigenvalue weighted by atomic mass is 10.1. The van der Waals surface area contributed by atoms with E-state index in [0.717, 1.165) is 12.1 Å². The summed E-state index contributed by atoms with van der Waals surface area (Å²) < 4.78 is 44.3. The minimum atomic E-state index is -4.65. The number of hydrogen-bond acceptors (Lipinski definition) is 2. The van der Waals surface area contributed by atoms with Gasteiger partial charge in [0.05, 0.1) is 16.5 Å². The fourth-order valence-corrected chi connectivity index (χ4v) is 3.38. The van der Waals surface area contributed by atoms with Gasteiger partial charge < -0.3 is 4.74 Å². The number of benzene rings is 1. The third-order valence-electron chi connectivity index (χ3n) is 4.45. The maximum Gasteiger partial charge on any atom is 0.417 e. The van der Waals surface area contributed by atoms with E-state index in [1.807, 2.05) is 13.8 Å². The predicted molar refractivity (Wildman–Crippen MR) is 94.7 cm³/mol. The monoisotopic (exact) mass is 424 g/mol. The smallest absolute Gasteiger partial charge is 0.417 e. The van der Waals surface area contributed by atoms with Crippen LogP contribution in [-0.4, -0.2) is 5.97 Å². The number of esters is 1. The SMILES string of the molecule is C#CC(OC(=O)[C@@H]1[C@H](C=C(Cl)Cl)C1(C)C)c1ccc(Cl)c(C(F)(F)F)c1. The first-order valence-electron chi connectivity index (χ1n) is 7.45. The zero-order valence-corrected chi connectivity index (χ0v) is 16.0. The maximum absolute atomic E-state index is 13.0. The van der Waals surface area contributed by atoms with Crippen molar-refractivity contribution in [2.24, 2.45) is 17.3 Å². The van der Waals surface area contributed by atoms with Crippen LogP contribution in [0.1, 0.15) is 31.1 Å². The molecule has 1 aliphatic rings. The molecule has 0 amide bonds. The van der Waals surface area contributed by atoms with E-state index in [1.165, 1.54) is 12.1 Å². The molecule has 0 N–H and O–H groups in total. The van der Waals surface area contributed by atoms with E-state index in [2.05, 4.69) is 5.92 Å². The second-order valence-electron chi connectivity index (χ2n) is 6.50. The highest BCUT2D eigenvalue weighted by Gasteiger charge is 2.62. The molecule has 1 unspecified atom stereocenters. The molecule has 1 aromatic rings. The van der Waals surface area contributed by atoms with Crippen LogP contribution < -0.4 is 0 Å². The van der Waals surface area contributed by atoms with E-state index < -0.39 is 40.2 Å². The van der Waals surface area contributed by atoms with Gasteiger partial charge in [0.25, 0.3) is 0 Å². The lowest BCUT2D eigenvalue weighted by Gasteiger charge is -2.16. The first kappa shape index (κ1) is 21.0. The molecular weight excluding hydrogens is 412 g/mol. The first-order chi connectivity index (χ1) is 11.9. The number of carbonyl (C=O) groups is 1. The minimum absolute atomic E-state index is 0.0125. The molecule has 26 heavy (non-hydrogen) atoms. The Labute approximate surface area is 164 Å². The van der Waals surface area contributed by atoms with Gasteiger partial charge in [-0.15, -0.1) is 6.42 Å². The number of terminal acetylenes is 1. The Morgan fingerprint density at radius 2 is 2.00 bits per heavy atom. The van der Waals surface area contributed by atoms with Crippen LogP contribution in [-0.2, 0) is 15.7 Å². The van der Waals surface area contributed by atoms with Crippen LogP contribution in [0, 0.1) is 29.6 Å². The molecular formula is C18H14Cl3F3O2. The average molecular weight is 426 g/mol. The lowest BCUT2D eigenvalue weighted by Crippen LogP contribution is -2.15. The van der Waals surface area contributed by atoms with Gasteiger partial charge in [-0.25, -0.2) is 0 Å². The van der Waals surface area contributed by atoms with Gasteiger partial charge in [0.1, 0.15) is 4.49 Å². The topological polar surface area (TPSA) is 26.3 Å². The number of alkyl halides is 3. The van der Waals surface area contributed by atoms with Crippen molar-refractivity contribution in [3.05, 3.63) is 44.9 Å². The van der Waals surface area contributed by atoms with Crippen molar-refractivity contribution in [2.45, 2.75) is 26.1 Å². The van der Waals surface area contributed by atoms with Gasteiger partial charge >= 0.3 is 12.1 Å². The van der Waals surface area contributed by atoms with Gasteiger partial charge in [0.15, 0.2) is 6.10 Å². The van der Waals surface area contributed by atoms with Gasteiger partial charge in [0.2, 0.25) is 0 Å². The molecule has 0 aromatic heterocycles. The molecule has 2 nitrogen and oxygen atoms in total. The Balaban J connectivity index is 2.22. The quantitative estimate of drug-likeness (QED) is 0.426. The highest BCUT2D eigenvalue weighted by atomic mass is 35.5. The largest absolute Gasteiger partial charge is 0.444 e. The van der Waals surface area contributed by atoms with E-state index in [9.17, 15) is 18.0 Å². The molecule has 8 heteroatoms. The van der Waals surface area contributed by atoms with E-state index in [1.54, 1.807) is 0 Å². The fourth-order valence-electron chi connectivity index (χ4n) is 2.89. The Morgan fingerprint density at radius 1 is 1.38 bits per heavy atom. The van der Waals surface area contributed by atoms with Crippen molar-refractivity contribution in [1.29, 1.82) is 0 Å². The molecule has 140 valence electrons. The number of carbonyl (C=O) groups excluding carboxylic acids is 1. The highest BCUT2D eigenvalue weighted by Crippen LogP contribution is 2.60. The summed E-state index contributed by atoms with van der Waals surface area (Å²) in [5, 5.41) is -0.464. The van der Waals surface area contributed by atoms with Gasteiger partial charge in [-0.05, 0) is 29.5 Å². The molecule has 3 atom stereocenters. The van der Waals surface area contributed by atoms with Gasteiger partial charge in [0, 0.05) is 5.56 Å². The Hall–Kier alpha value is -1.35. The van der Waals surface area contributed by atoms with Crippen LogP contribution in [0.15, 0.2) is 28.8 Å². The second-order valence-corrected chi connectivity index (χ2v) is 7.92. The van der Waals surface area contributed by atoms with Crippen LogP contribution in [0.5, 0.6) is 0 Å². The number of halogens is 6. The molecule has 1 aromatic carbocycles. The van der Waals surface area contributed by atoms with Gasteiger partial charge in [-0.3, -0.25) is 4.79 Å². The van der Waals surface area contributed by atoms with E-state index in [-0.39, 0.29) is 16.0 Å². The van der Waals surface area contributed by atoms with E-state index in [0.29, 0.717) is 0 Å². The zero-order chi connectivity index (χ0) is 19.9. The van der Waals surface area contributed by atoms with Crippen molar-refractivity contribution in [1.82, 2.24) is 0 Å². The van der Waals surface area contributed by atoms with Crippen LogP contribution >= 0.6 is 34.8 Å². The summed E-state index contributed by atoms with van der Waals surface area (Å²) in [7, 11) is 0. The van der Waals surface area contributed by atoms with Crippen molar-refractivity contribution in [3.63, 3.8) is 0 Å². The average Bonchev–Trinajstić information content (AvgIpc) is 3.04. The number of allylic oxidation sites excluding steroid dienone is 1. The molecule has 0 heterocycles. The van der Waals surface area contributed by atoms with Gasteiger partial charge in [-0.2, -0.15) is 13.2 Å². The summed E-state index contributed by atoms with van der Waals surface area (Å²) in [6.45, 7) is 3.65. The summed E-state index contributed by atoms with van der Waals surface area (Å²) >= 11 is 16.9. The fraction of sp³-hybridized carbons (Fsp3) is 0.389. The van der Waals surface area contributed by atoms with Crippen LogP contribution in [0.3, 0.4) is 0 Å². The minimum Gasteiger partial charge on any atom is -0.444 e. The summed E-state index contributed by atoms with van der Waals surface area (Å²) in [4.78, 5) is 12.4. The Bertz CT molecular complexity index is 790. The molecule has 0 spiro atoms. The molecule has 0 saturated heterocycles. The maximum atomic E-state index is 13.0. The van der Waals surface area contributed by atoms with E-state index >= 15 is 0 Å². The summed E-state index contributed by atoms with van der Waals surface area (Å²) in [5.74, 6) is 0.782. The lowest BCUT2D eigenvalue weighted by molar-refractivity contribution is -0.149. The second kappa shape index (κ2) is 7.34. The normalized spacial score (nSPS) is 22.1. The summed E-state index contributed by atoms with van der Waals surface area (Å²) in [6, 6.07) is 3.14. The molecule has 0 aliphatic heterocycles.